The van der Waals surface area contributed by atoms with Gasteiger partial charge in [0.25, 0.3) is 0 Å². The first-order valence-corrected chi connectivity index (χ1v) is 5.76. The van der Waals surface area contributed by atoms with Crippen molar-refractivity contribution in [2.75, 3.05) is 0 Å². The normalized spacial score (nSPS) is 16.4. The zero-order chi connectivity index (χ0) is 23.4. The molecule has 0 heterocycles. The van der Waals surface area contributed by atoms with Crippen LogP contribution in [0, 0.1) is 0 Å². The monoisotopic (exact) mass is 457 g/mol. The minimum Gasteiger partial charge on any atom is -0.545 e. The number of allylic oxidation sites excluding steroid dienone is 1. The van der Waals surface area contributed by atoms with Gasteiger partial charge < -0.3 is 9.90 Å². The van der Waals surface area contributed by atoms with E-state index in [1.165, 1.54) is 0 Å². The molecule has 0 radical (unpaired) electrons. The molecule has 0 aromatic rings. The summed E-state index contributed by atoms with van der Waals surface area (Å²) in [6.07, 6.45) is -9.47. The van der Waals surface area contributed by atoms with Crippen LogP contribution in [0.15, 0.2) is 11.9 Å². The Morgan fingerprint density at radius 1 is 0.571 bits per heavy atom. The average molecular weight is 457 g/mol. The summed E-state index contributed by atoms with van der Waals surface area (Å²) in [4.78, 5) is 9.75. The second-order valence-corrected chi connectivity index (χ2v) is 4.76. The third-order valence-electron chi connectivity index (χ3n) is 2.87. The number of alkyl halides is 15. The minimum absolute atomic E-state index is 1.72. The van der Waals surface area contributed by atoms with Crippen molar-refractivity contribution in [2.45, 2.75) is 41.7 Å². The largest absolute Gasteiger partial charge is 0.545 e. The van der Waals surface area contributed by atoms with Crippen LogP contribution in [-0.2, 0) is 4.79 Å². The lowest BCUT2D eigenvalue weighted by atomic mass is 9.90. The first-order valence-electron chi connectivity index (χ1n) is 5.76. The van der Waals surface area contributed by atoms with Crippen LogP contribution in [0.5, 0.6) is 0 Å². The van der Waals surface area contributed by atoms with Gasteiger partial charge in [-0.25, -0.2) is 4.39 Å². The van der Waals surface area contributed by atoms with E-state index in [-0.39, 0.29) is 0 Å². The zero-order valence-corrected chi connectivity index (χ0v) is 11.9. The standard InChI is InChI=1S/C10H2F16O2/c11-2(1-3(27)28)4(12,13)5(14,15)6(16,17)7(18,19)8(20,21)9(22,23)10(24,25)26/h1H,(H,27,28)/p-1/b2-1+. The molecule has 18 heteroatoms. The molecule has 0 rings (SSSR count). The Hall–Kier alpha value is -1.91. The molecule has 0 saturated carbocycles. The minimum atomic E-state index is -8.58. The molecule has 0 saturated heterocycles. The highest BCUT2D eigenvalue weighted by Crippen LogP contribution is 2.63. The average Bonchev–Trinajstić information content (AvgIpc) is 2.43. The van der Waals surface area contributed by atoms with E-state index in [0.29, 0.717) is 0 Å². The van der Waals surface area contributed by atoms with Crippen molar-refractivity contribution in [3.8, 4) is 0 Å². The summed E-state index contributed by atoms with van der Waals surface area (Å²) in [5.41, 5.74) is 0. The molecule has 0 atom stereocenters. The van der Waals surface area contributed by atoms with Gasteiger partial charge in [-0.2, -0.15) is 65.9 Å². The Morgan fingerprint density at radius 2 is 0.857 bits per heavy atom. The molecule has 166 valence electrons. The second kappa shape index (κ2) is 6.57. The summed E-state index contributed by atoms with van der Waals surface area (Å²) >= 11 is 0. The molecular weight excluding hydrogens is 456 g/mol. The lowest BCUT2D eigenvalue weighted by Gasteiger charge is -2.41. The molecule has 0 aliphatic heterocycles. The van der Waals surface area contributed by atoms with Crippen LogP contribution in [-0.4, -0.2) is 47.7 Å². The number of aliphatic carboxylic acids is 1. The summed E-state index contributed by atoms with van der Waals surface area (Å²) in [6.45, 7) is 0. The van der Waals surface area contributed by atoms with E-state index >= 15 is 0 Å². The first-order chi connectivity index (χ1) is 11.8. The van der Waals surface area contributed by atoms with Gasteiger partial charge in [0, 0.05) is 0 Å². The SMILES string of the molecule is O=C([O-])/C=C(/F)C(F)(F)C(F)(F)C(F)(F)C(F)(F)C(F)(F)C(F)(F)C(F)(F)F. The quantitative estimate of drug-likeness (QED) is 0.429. The van der Waals surface area contributed by atoms with E-state index in [2.05, 4.69) is 0 Å². The van der Waals surface area contributed by atoms with Gasteiger partial charge in [-0.3, -0.25) is 0 Å². The van der Waals surface area contributed by atoms with Crippen LogP contribution >= 0.6 is 0 Å². The Bertz CT molecular complexity index is 642. The Kier molecular flexibility index (Phi) is 6.12. The maximum atomic E-state index is 13.1. The van der Waals surface area contributed by atoms with Crippen molar-refractivity contribution in [3.05, 3.63) is 11.9 Å². The molecule has 0 unspecified atom stereocenters. The van der Waals surface area contributed by atoms with Gasteiger partial charge in [-0.05, 0) is 6.08 Å². The maximum absolute atomic E-state index is 13.1. The summed E-state index contributed by atoms with van der Waals surface area (Å²) in [7, 11) is 0. The molecule has 0 aliphatic carbocycles. The number of hydrogen-bond donors (Lipinski definition) is 0. The molecule has 0 fully saturated rings. The number of carbonyl (C=O) groups is 1. The summed E-state index contributed by atoms with van der Waals surface area (Å²) in [5, 5.41) is 9.75. The van der Waals surface area contributed by atoms with Crippen LogP contribution in [0.3, 0.4) is 0 Å². The van der Waals surface area contributed by atoms with E-state index in [1.54, 1.807) is 0 Å². The molecular formula is C10HF16O2-. The second-order valence-electron chi connectivity index (χ2n) is 4.76. The van der Waals surface area contributed by atoms with Gasteiger partial charge >= 0.3 is 41.7 Å². The predicted molar refractivity (Wildman–Crippen MR) is 49.9 cm³/mol. The fourth-order valence-corrected chi connectivity index (χ4v) is 1.31. The van der Waals surface area contributed by atoms with Crippen LogP contribution in [0.25, 0.3) is 0 Å². The Labute approximate surface area is 141 Å². The fourth-order valence-electron chi connectivity index (χ4n) is 1.31. The van der Waals surface area contributed by atoms with E-state index in [9.17, 15) is 80.1 Å². The molecule has 0 amide bonds. The number of halogens is 16. The van der Waals surface area contributed by atoms with Gasteiger partial charge in [0.2, 0.25) is 0 Å². The third kappa shape index (κ3) is 3.33. The van der Waals surface area contributed by atoms with Crippen molar-refractivity contribution >= 4 is 5.97 Å². The Balaban J connectivity index is 6.67. The van der Waals surface area contributed by atoms with Crippen molar-refractivity contribution < 1.29 is 80.1 Å². The molecule has 0 spiro atoms. The summed E-state index contributed by atoms with van der Waals surface area (Å²) in [6, 6.07) is 0. The van der Waals surface area contributed by atoms with Crippen molar-refractivity contribution in [2.24, 2.45) is 0 Å². The summed E-state index contributed by atoms with van der Waals surface area (Å²) < 4.78 is 203. The van der Waals surface area contributed by atoms with Crippen LogP contribution in [0.1, 0.15) is 0 Å². The van der Waals surface area contributed by atoms with Gasteiger partial charge in [0.1, 0.15) is 0 Å². The molecule has 0 N–H and O–H groups in total. The van der Waals surface area contributed by atoms with E-state index in [4.69, 9.17) is 0 Å². The maximum Gasteiger partial charge on any atom is 0.460 e. The number of carboxylic acids is 1. The molecule has 0 bridgehead atoms. The highest BCUT2D eigenvalue weighted by Gasteiger charge is 2.93. The lowest BCUT2D eigenvalue weighted by molar-refractivity contribution is -0.450. The smallest absolute Gasteiger partial charge is 0.460 e. The molecule has 0 aliphatic rings. The first kappa shape index (κ1) is 26.1. The fraction of sp³-hybridized carbons (Fsp3) is 0.700. The molecule has 28 heavy (non-hydrogen) atoms. The zero-order valence-electron chi connectivity index (χ0n) is 11.9. The highest BCUT2D eigenvalue weighted by molar-refractivity contribution is 5.78. The number of carbonyl (C=O) groups excluding carboxylic acids is 1. The Morgan fingerprint density at radius 3 is 1.14 bits per heavy atom. The van der Waals surface area contributed by atoms with E-state index < -0.39 is 59.6 Å². The van der Waals surface area contributed by atoms with Crippen molar-refractivity contribution in [1.29, 1.82) is 0 Å². The van der Waals surface area contributed by atoms with Crippen LogP contribution in [0.4, 0.5) is 70.2 Å². The predicted octanol–water partition coefficient (Wildman–Crippen LogP) is 3.96. The van der Waals surface area contributed by atoms with Gasteiger partial charge in [-0.15, -0.1) is 0 Å². The lowest BCUT2D eigenvalue weighted by Crippen LogP contribution is -2.72. The third-order valence-corrected chi connectivity index (χ3v) is 2.87. The van der Waals surface area contributed by atoms with Crippen LogP contribution in [0.2, 0.25) is 0 Å². The van der Waals surface area contributed by atoms with Gasteiger partial charge in [0.05, 0.1) is 5.97 Å². The van der Waals surface area contributed by atoms with E-state index in [0.717, 1.165) is 0 Å². The molecule has 0 aromatic heterocycles. The number of rotatable bonds is 7. The van der Waals surface area contributed by atoms with Gasteiger partial charge in [0.15, 0.2) is 5.83 Å². The highest BCUT2D eigenvalue weighted by atomic mass is 19.4. The van der Waals surface area contributed by atoms with Gasteiger partial charge in [-0.1, -0.05) is 0 Å². The number of hydrogen-bond acceptors (Lipinski definition) is 2. The summed E-state index contributed by atoms with van der Waals surface area (Å²) in [5.74, 6) is -56.6. The van der Waals surface area contributed by atoms with Crippen molar-refractivity contribution in [3.63, 3.8) is 0 Å². The topological polar surface area (TPSA) is 40.1 Å². The molecule has 2 nitrogen and oxygen atoms in total. The molecule has 0 aromatic carbocycles. The van der Waals surface area contributed by atoms with Crippen LogP contribution < -0.4 is 5.11 Å². The number of carboxylic acid groups (broad SMARTS) is 1. The van der Waals surface area contributed by atoms with E-state index in [1.807, 2.05) is 0 Å². The van der Waals surface area contributed by atoms with Crippen molar-refractivity contribution in [1.82, 2.24) is 0 Å².